The minimum absolute atomic E-state index is 0.0981. The zero-order valence-corrected chi connectivity index (χ0v) is 17.5. The van der Waals surface area contributed by atoms with Gasteiger partial charge in [0.25, 0.3) is 5.92 Å². The highest BCUT2D eigenvalue weighted by molar-refractivity contribution is 5.37. The SMILES string of the molecule is CCOc1ccc(C(C=CCc2ccc(F)c(Oc3ccccc3)c2)C(C)(F)F)cc1. The van der Waals surface area contributed by atoms with Gasteiger partial charge in [0.2, 0.25) is 0 Å². The van der Waals surface area contributed by atoms with Crippen LogP contribution in [0.15, 0.2) is 84.9 Å². The lowest BCUT2D eigenvalue weighted by molar-refractivity contribution is 0.00668. The van der Waals surface area contributed by atoms with Crippen molar-refractivity contribution in [3.05, 3.63) is 102 Å². The minimum Gasteiger partial charge on any atom is -0.494 e. The van der Waals surface area contributed by atoms with E-state index in [1.165, 1.54) is 12.1 Å². The molecule has 0 amide bonds. The van der Waals surface area contributed by atoms with Crippen LogP contribution in [-0.4, -0.2) is 12.5 Å². The van der Waals surface area contributed by atoms with Crippen LogP contribution in [0.25, 0.3) is 0 Å². The molecule has 0 saturated carbocycles. The highest BCUT2D eigenvalue weighted by Crippen LogP contribution is 2.35. The predicted octanol–water partition coefficient (Wildman–Crippen LogP) is 7.55. The van der Waals surface area contributed by atoms with Crippen molar-refractivity contribution in [2.75, 3.05) is 6.61 Å². The molecule has 0 fully saturated rings. The summed E-state index contributed by atoms with van der Waals surface area (Å²) in [5.41, 5.74) is 1.26. The fourth-order valence-corrected chi connectivity index (χ4v) is 3.22. The van der Waals surface area contributed by atoms with E-state index < -0.39 is 17.7 Å². The van der Waals surface area contributed by atoms with Crippen LogP contribution in [0.5, 0.6) is 17.2 Å². The summed E-state index contributed by atoms with van der Waals surface area (Å²) in [6.07, 6.45) is 3.55. The Kier molecular flexibility index (Phi) is 7.40. The molecule has 0 aromatic heterocycles. The minimum atomic E-state index is -2.94. The van der Waals surface area contributed by atoms with Crippen molar-refractivity contribution in [3.8, 4) is 17.2 Å². The largest absolute Gasteiger partial charge is 0.494 e. The van der Waals surface area contributed by atoms with Gasteiger partial charge in [-0.3, -0.25) is 0 Å². The second kappa shape index (κ2) is 10.2. The van der Waals surface area contributed by atoms with Crippen molar-refractivity contribution in [3.63, 3.8) is 0 Å². The number of para-hydroxylation sites is 1. The molecule has 31 heavy (non-hydrogen) atoms. The number of ether oxygens (including phenoxy) is 2. The Morgan fingerprint density at radius 1 is 0.935 bits per heavy atom. The van der Waals surface area contributed by atoms with Crippen LogP contribution >= 0.6 is 0 Å². The summed E-state index contributed by atoms with van der Waals surface area (Å²) < 4.78 is 53.6. The molecule has 162 valence electrons. The van der Waals surface area contributed by atoms with Gasteiger partial charge in [0.15, 0.2) is 11.6 Å². The Hall–Kier alpha value is -3.21. The fourth-order valence-electron chi connectivity index (χ4n) is 3.22. The summed E-state index contributed by atoms with van der Waals surface area (Å²) in [5.74, 6) is -3.23. The van der Waals surface area contributed by atoms with Crippen molar-refractivity contribution in [1.82, 2.24) is 0 Å². The molecule has 3 rings (SSSR count). The number of hydrogen-bond donors (Lipinski definition) is 0. The van der Waals surface area contributed by atoms with Gasteiger partial charge in [0, 0.05) is 6.92 Å². The lowest BCUT2D eigenvalue weighted by atomic mass is 9.92. The number of rotatable bonds is 9. The van der Waals surface area contributed by atoms with Gasteiger partial charge in [0.05, 0.1) is 12.5 Å². The van der Waals surface area contributed by atoms with E-state index in [1.54, 1.807) is 66.7 Å². The van der Waals surface area contributed by atoms with E-state index in [-0.39, 0.29) is 5.75 Å². The van der Waals surface area contributed by atoms with Crippen molar-refractivity contribution < 1.29 is 22.6 Å². The summed E-state index contributed by atoms with van der Waals surface area (Å²) in [4.78, 5) is 0. The third-order valence-electron chi connectivity index (χ3n) is 4.75. The standard InChI is InChI=1S/C26H25F3O2/c1-3-30-21-15-13-20(14-16-21)23(26(2,28)29)11-7-8-19-12-17-24(27)25(18-19)31-22-9-5-4-6-10-22/h4-7,9-18,23H,3,8H2,1-2H3. The third kappa shape index (κ3) is 6.38. The average Bonchev–Trinajstić information content (AvgIpc) is 2.74. The van der Waals surface area contributed by atoms with Crippen LogP contribution in [-0.2, 0) is 6.42 Å². The lowest BCUT2D eigenvalue weighted by Crippen LogP contribution is -2.20. The normalized spacial score (nSPS) is 12.7. The monoisotopic (exact) mass is 426 g/mol. The van der Waals surface area contributed by atoms with E-state index in [0.717, 1.165) is 12.5 Å². The Balaban J connectivity index is 1.74. The Morgan fingerprint density at radius 2 is 1.65 bits per heavy atom. The molecule has 0 saturated heterocycles. The molecule has 0 aliphatic heterocycles. The summed E-state index contributed by atoms with van der Waals surface area (Å²) in [5, 5.41) is 0. The molecular formula is C26H25F3O2. The van der Waals surface area contributed by atoms with E-state index in [4.69, 9.17) is 9.47 Å². The molecule has 5 heteroatoms. The smallest absolute Gasteiger partial charge is 0.255 e. The lowest BCUT2D eigenvalue weighted by Gasteiger charge is -2.21. The maximum atomic E-state index is 14.3. The van der Waals surface area contributed by atoms with Crippen molar-refractivity contribution >= 4 is 0 Å². The van der Waals surface area contributed by atoms with Crippen LogP contribution < -0.4 is 9.47 Å². The van der Waals surface area contributed by atoms with Crippen molar-refractivity contribution in [2.45, 2.75) is 32.1 Å². The molecule has 0 heterocycles. The first-order chi connectivity index (χ1) is 14.9. The molecule has 2 nitrogen and oxygen atoms in total. The first kappa shape index (κ1) is 22.5. The van der Waals surface area contributed by atoms with Gasteiger partial charge in [-0.1, -0.05) is 48.6 Å². The van der Waals surface area contributed by atoms with Crippen molar-refractivity contribution in [1.29, 1.82) is 0 Å². The van der Waals surface area contributed by atoms with Crippen molar-refractivity contribution in [2.24, 2.45) is 0 Å². The zero-order valence-electron chi connectivity index (χ0n) is 17.5. The molecule has 0 aliphatic rings. The number of halogens is 3. The number of hydrogen-bond acceptors (Lipinski definition) is 2. The Morgan fingerprint density at radius 3 is 2.29 bits per heavy atom. The van der Waals surface area contributed by atoms with E-state index in [2.05, 4.69) is 0 Å². The number of benzene rings is 3. The Bertz CT molecular complexity index is 993. The molecule has 0 N–H and O–H groups in total. The predicted molar refractivity (Wildman–Crippen MR) is 117 cm³/mol. The molecule has 0 aliphatic carbocycles. The quantitative estimate of drug-likeness (QED) is 0.329. The molecule has 0 bridgehead atoms. The van der Waals surface area contributed by atoms with Gasteiger partial charge in [-0.25, -0.2) is 13.2 Å². The van der Waals surface area contributed by atoms with Crippen LogP contribution in [0, 0.1) is 5.82 Å². The molecule has 3 aromatic rings. The highest BCUT2D eigenvalue weighted by atomic mass is 19.3. The van der Waals surface area contributed by atoms with Crippen LogP contribution in [0.2, 0.25) is 0 Å². The zero-order chi connectivity index (χ0) is 22.3. The number of allylic oxidation sites excluding steroid dienone is 2. The molecule has 1 unspecified atom stereocenters. The van der Waals surface area contributed by atoms with Crippen LogP contribution in [0.1, 0.15) is 30.9 Å². The molecule has 3 aromatic carbocycles. The first-order valence-corrected chi connectivity index (χ1v) is 10.2. The van der Waals surface area contributed by atoms with E-state index in [9.17, 15) is 13.2 Å². The third-order valence-corrected chi connectivity index (χ3v) is 4.75. The summed E-state index contributed by atoms with van der Waals surface area (Å²) in [6, 6.07) is 20.1. The van der Waals surface area contributed by atoms with Gasteiger partial charge < -0.3 is 9.47 Å². The molecule has 0 spiro atoms. The first-order valence-electron chi connectivity index (χ1n) is 10.2. The second-order valence-corrected chi connectivity index (χ2v) is 7.25. The molecular weight excluding hydrogens is 401 g/mol. The van der Waals surface area contributed by atoms with Crippen LogP contribution in [0.3, 0.4) is 0 Å². The topological polar surface area (TPSA) is 18.5 Å². The van der Waals surface area contributed by atoms with E-state index >= 15 is 0 Å². The molecule has 0 radical (unpaired) electrons. The van der Waals surface area contributed by atoms with Gasteiger partial charge in [0.1, 0.15) is 11.5 Å². The second-order valence-electron chi connectivity index (χ2n) is 7.25. The maximum Gasteiger partial charge on any atom is 0.255 e. The summed E-state index contributed by atoms with van der Waals surface area (Å²) in [6.45, 7) is 3.29. The fraction of sp³-hybridized carbons (Fsp3) is 0.231. The van der Waals surface area contributed by atoms with Crippen LogP contribution in [0.4, 0.5) is 13.2 Å². The number of alkyl halides is 2. The van der Waals surface area contributed by atoms with Gasteiger partial charge in [-0.05, 0) is 60.9 Å². The average molecular weight is 426 g/mol. The van der Waals surface area contributed by atoms with Gasteiger partial charge in [-0.2, -0.15) is 0 Å². The van der Waals surface area contributed by atoms with Gasteiger partial charge in [-0.15, -0.1) is 0 Å². The van der Waals surface area contributed by atoms with E-state index in [0.29, 0.717) is 30.1 Å². The summed E-state index contributed by atoms with van der Waals surface area (Å²) >= 11 is 0. The highest BCUT2D eigenvalue weighted by Gasteiger charge is 2.33. The van der Waals surface area contributed by atoms with E-state index in [1.807, 2.05) is 13.0 Å². The maximum absolute atomic E-state index is 14.3. The summed E-state index contributed by atoms with van der Waals surface area (Å²) in [7, 11) is 0. The van der Waals surface area contributed by atoms with Gasteiger partial charge >= 0.3 is 0 Å². The Labute approximate surface area is 180 Å². The molecule has 1 atom stereocenters.